The molecule has 0 bridgehead atoms. The molecule has 1 fully saturated rings. The summed E-state index contributed by atoms with van der Waals surface area (Å²) in [5.41, 5.74) is 2.02. The predicted octanol–water partition coefficient (Wildman–Crippen LogP) is 2.62. The predicted molar refractivity (Wildman–Crippen MR) is 99.8 cm³/mol. The average Bonchev–Trinajstić information content (AvgIpc) is 3.15. The Morgan fingerprint density at radius 1 is 1.38 bits per heavy atom. The number of aryl methyl sites for hydroxylation is 2. The molecular formula is C19H29N5O2. The summed E-state index contributed by atoms with van der Waals surface area (Å²) in [7, 11) is 1.86. The molecule has 2 aromatic rings. The summed E-state index contributed by atoms with van der Waals surface area (Å²) in [6, 6.07) is 1.68. The molecule has 142 valence electrons. The van der Waals surface area contributed by atoms with Crippen molar-refractivity contribution < 1.29 is 9.32 Å². The maximum Gasteiger partial charge on any atom is 0.290 e. The van der Waals surface area contributed by atoms with E-state index >= 15 is 0 Å². The summed E-state index contributed by atoms with van der Waals surface area (Å²) in [6.07, 6.45) is 4.32. The molecular weight excluding hydrogens is 330 g/mol. The van der Waals surface area contributed by atoms with E-state index in [9.17, 15) is 4.79 Å². The van der Waals surface area contributed by atoms with Gasteiger partial charge in [0, 0.05) is 37.0 Å². The van der Waals surface area contributed by atoms with Crippen LogP contribution in [0.4, 0.5) is 0 Å². The first-order chi connectivity index (χ1) is 12.2. The Bertz CT molecular complexity index is 769. The normalized spacial score (nSPS) is 16.8. The monoisotopic (exact) mass is 359 g/mol. The Labute approximate surface area is 154 Å². The Kier molecular flexibility index (Phi) is 5.18. The number of rotatable bonds is 5. The minimum Gasteiger partial charge on any atom is -0.350 e. The summed E-state index contributed by atoms with van der Waals surface area (Å²) in [4.78, 5) is 15.0. The van der Waals surface area contributed by atoms with E-state index in [0.29, 0.717) is 5.69 Å². The van der Waals surface area contributed by atoms with E-state index < -0.39 is 0 Å². The van der Waals surface area contributed by atoms with Gasteiger partial charge in [0.25, 0.3) is 5.91 Å². The lowest BCUT2D eigenvalue weighted by atomic mass is 9.96. The fourth-order valence-electron chi connectivity index (χ4n) is 3.55. The van der Waals surface area contributed by atoms with Crippen LogP contribution in [0.15, 0.2) is 16.8 Å². The summed E-state index contributed by atoms with van der Waals surface area (Å²) in [5, 5.41) is 11.4. The van der Waals surface area contributed by atoms with Gasteiger partial charge in [-0.15, -0.1) is 0 Å². The van der Waals surface area contributed by atoms with Crippen molar-refractivity contribution >= 4 is 5.91 Å². The number of nitrogens with one attached hydrogen (secondary N) is 1. The topological polar surface area (TPSA) is 76.2 Å². The van der Waals surface area contributed by atoms with Crippen molar-refractivity contribution in [3.8, 4) is 11.3 Å². The molecule has 0 spiro atoms. The number of hydrogen-bond acceptors (Lipinski definition) is 5. The summed E-state index contributed by atoms with van der Waals surface area (Å²) in [6.45, 7) is 11.3. The largest absolute Gasteiger partial charge is 0.350 e. The van der Waals surface area contributed by atoms with Gasteiger partial charge >= 0.3 is 0 Å². The van der Waals surface area contributed by atoms with Gasteiger partial charge in [0.05, 0.1) is 5.69 Å². The molecule has 0 saturated carbocycles. The maximum atomic E-state index is 12.6. The van der Waals surface area contributed by atoms with Gasteiger partial charge in [0.1, 0.15) is 5.69 Å². The fourth-order valence-corrected chi connectivity index (χ4v) is 3.55. The van der Waals surface area contributed by atoms with E-state index in [-0.39, 0.29) is 17.2 Å². The summed E-state index contributed by atoms with van der Waals surface area (Å²) >= 11 is 0. The highest BCUT2D eigenvalue weighted by Crippen LogP contribution is 2.22. The van der Waals surface area contributed by atoms with Crippen LogP contribution in [0.3, 0.4) is 0 Å². The van der Waals surface area contributed by atoms with Crippen LogP contribution in [-0.4, -0.2) is 50.9 Å². The second kappa shape index (κ2) is 7.23. The highest BCUT2D eigenvalue weighted by Gasteiger charge is 2.28. The fraction of sp³-hybridized carbons (Fsp3) is 0.632. The third kappa shape index (κ3) is 4.33. The van der Waals surface area contributed by atoms with Crippen molar-refractivity contribution in [2.75, 3.05) is 19.6 Å². The number of carbonyl (C=O) groups is 1. The van der Waals surface area contributed by atoms with Crippen molar-refractivity contribution in [2.24, 2.45) is 13.0 Å². The summed E-state index contributed by atoms with van der Waals surface area (Å²) in [5.74, 6) is 0.789. The minimum absolute atomic E-state index is 0.226. The first-order valence-corrected chi connectivity index (χ1v) is 9.26. The van der Waals surface area contributed by atoms with Crippen LogP contribution in [0.25, 0.3) is 11.3 Å². The average molecular weight is 359 g/mol. The van der Waals surface area contributed by atoms with Crippen LogP contribution in [0.2, 0.25) is 0 Å². The lowest BCUT2D eigenvalue weighted by Gasteiger charge is -2.36. The second-order valence-corrected chi connectivity index (χ2v) is 8.17. The van der Waals surface area contributed by atoms with Crippen molar-refractivity contribution in [3.63, 3.8) is 0 Å². The minimum atomic E-state index is -0.338. The molecule has 0 aromatic carbocycles. The second-order valence-electron chi connectivity index (χ2n) is 8.17. The lowest BCUT2D eigenvalue weighted by molar-refractivity contribution is 0.0831. The first-order valence-electron chi connectivity index (χ1n) is 9.26. The number of nitrogens with zero attached hydrogens (tertiary/aromatic N) is 4. The molecule has 1 amide bonds. The van der Waals surface area contributed by atoms with Crippen LogP contribution in [0, 0.1) is 12.8 Å². The third-order valence-corrected chi connectivity index (χ3v) is 4.97. The van der Waals surface area contributed by atoms with E-state index in [1.807, 2.05) is 34.0 Å². The molecule has 0 aliphatic carbocycles. The van der Waals surface area contributed by atoms with Crippen LogP contribution < -0.4 is 5.32 Å². The number of hydrogen-bond donors (Lipinski definition) is 1. The third-order valence-electron chi connectivity index (χ3n) is 4.97. The van der Waals surface area contributed by atoms with E-state index in [1.165, 1.54) is 12.8 Å². The quantitative estimate of drug-likeness (QED) is 0.888. The number of aromatic nitrogens is 3. The molecule has 1 aliphatic heterocycles. The van der Waals surface area contributed by atoms with Crippen molar-refractivity contribution in [1.29, 1.82) is 0 Å². The standard InChI is InChI=1S/C19H29N5O2/c1-13-6-8-24(9-7-13)12-19(3,4)20-18(25)17-10-16(22-26-17)15-11-23(5)21-14(15)2/h10-11,13H,6-9,12H2,1-5H3,(H,20,25). The highest BCUT2D eigenvalue weighted by atomic mass is 16.5. The van der Waals surface area contributed by atoms with Crippen LogP contribution in [-0.2, 0) is 7.05 Å². The van der Waals surface area contributed by atoms with Crippen LogP contribution in [0.5, 0.6) is 0 Å². The van der Waals surface area contributed by atoms with E-state index in [4.69, 9.17) is 4.52 Å². The Morgan fingerprint density at radius 3 is 2.69 bits per heavy atom. The molecule has 1 saturated heterocycles. The molecule has 3 rings (SSSR count). The molecule has 0 unspecified atom stereocenters. The van der Waals surface area contributed by atoms with Gasteiger partial charge in [-0.25, -0.2) is 0 Å². The van der Waals surface area contributed by atoms with Gasteiger partial charge in [-0.2, -0.15) is 5.10 Å². The van der Waals surface area contributed by atoms with Crippen molar-refractivity contribution in [1.82, 2.24) is 25.2 Å². The number of likely N-dealkylation sites (tertiary alicyclic amines) is 1. The molecule has 7 heteroatoms. The molecule has 2 aromatic heterocycles. The zero-order chi connectivity index (χ0) is 18.9. The number of piperidine rings is 1. The van der Waals surface area contributed by atoms with Crippen molar-refractivity contribution in [3.05, 3.63) is 23.7 Å². The lowest BCUT2D eigenvalue weighted by Crippen LogP contribution is -2.52. The zero-order valence-corrected chi connectivity index (χ0v) is 16.4. The van der Waals surface area contributed by atoms with Gasteiger partial charge in [0.2, 0.25) is 5.76 Å². The molecule has 3 heterocycles. The molecule has 0 atom stereocenters. The van der Waals surface area contributed by atoms with Gasteiger partial charge < -0.3 is 14.7 Å². The number of amides is 1. The van der Waals surface area contributed by atoms with Crippen LogP contribution in [0.1, 0.15) is 49.9 Å². The SMILES string of the molecule is Cc1nn(C)cc1-c1cc(C(=O)NC(C)(C)CN2CCC(C)CC2)on1. The molecule has 1 aliphatic rings. The number of carbonyl (C=O) groups excluding carboxylic acids is 1. The molecule has 1 N–H and O–H groups in total. The summed E-state index contributed by atoms with van der Waals surface area (Å²) < 4.78 is 7.01. The molecule has 0 radical (unpaired) electrons. The molecule has 7 nitrogen and oxygen atoms in total. The molecule has 26 heavy (non-hydrogen) atoms. The Morgan fingerprint density at radius 2 is 2.08 bits per heavy atom. The van der Waals surface area contributed by atoms with Crippen molar-refractivity contribution in [2.45, 2.75) is 46.1 Å². The zero-order valence-electron chi connectivity index (χ0n) is 16.4. The first kappa shape index (κ1) is 18.6. The van der Waals surface area contributed by atoms with E-state index in [1.54, 1.807) is 10.7 Å². The maximum absolute atomic E-state index is 12.6. The van der Waals surface area contributed by atoms with E-state index in [2.05, 4.69) is 27.4 Å². The Hall–Kier alpha value is -2.15. The van der Waals surface area contributed by atoms with Gasteiger partial charge in [0.15, 0.2) is 0 Å². The highest BCUT2D eigenvalue weighted by molar-refractivity contribution is 5.92. The van der Waals surface area contributed by atoms with E-state index in [0.717, 1.165) is 36.8 Å². The van der Waals surface area contributed by atoms with Crippen LogP contribution >= 0.6 is 0 Å². The van der Waals surface area contributed by atoms with Gasteiger partial charge in [-0.1, -0.05) is 12.1 Å². The van der Waals surface area contributed by atoms with Gasteiger partial charge in [-0.3, -0.25) is 9.48 Å². The smallest absolute Gasteiger partial charge is 0.290 e. The Balaban J connectivity index is 1.63. The van der Waals surface area contributed by atoms with Gasteiger partial charge in [-0.05, 0) is 52.6 Å².